The lowest BCUT2D eigenvalue weighted by Crippen LogP contribution is -2.13. The second kappa shape index (κ2) is 7.10. The number of carbonyl (C=O) groups is 1. The standard InChI is InChI=1S/C15H23NO/c1-4-6-11-15(17)16-14-10-8-7-9-13(14)12(3)5-2/h7-10,12H,4-6,11H2,1-3H3,(H,16,17)/t12-/m0/s1. The number of hydrogen-bond donors (Lipinski definition) is 1. The molecule has 0 bridgehead atoms. The van der Waals surface area contributed by atoms with Gasteiger partial charge in [0.05, 0.1) is 0 Å². The Hall–Kier alpha value is -1.31. The van der Waals surface area contributed by atoms with E-state index in [-0.39, 0.29) is 5.91 Å². The van der Waals surface area contributed by atoms with Crippen LogP contribution in [-0.4, -0.2) is 5.91 Å². The molecule has 0 saturated carbocycles. The largest absolute Gasteiger partial charge is 0.326 e. The molecule has 94 valence electrons. The number of benzene rings is 1. The summed E-state index contributed by atoms with van der Waals surface area (Å²) in [4.78, 5) is 11.7. The first-order valence-electron chi connectivity index (χ1n) is 6.57. The van der Waals surface area contributed by atoms with Crippen LogP contribution in [0, 0.1) is 0 Å². The lowest BCUT2D eigenvalue weighted by atomic mass is 9.97. The Morgan fingerprint density at radius 3 is 2.65 bits per heavy atom. The molecule has 1 N–H and O–H groups in total. The van der Waals surface area contributed by atoms with Crippen LogP contribution in [0.3, 0.4) is 0 Å². The van der Waals surface area contributed by atoms with Crippen molar-refractivity contribution >= 4 is 11.6 Å². The fraction of sp³-hybridized carbons (Fsp3) is 0.533. The van der Waals surface area contributed by atoms with Gasteiger partial charge in [0.1, 0.15) is 0 Å². The van der Waals surface area contributed by atoms with Crippen molar-refractivity contribution in [1.82, 2.24) is 0 Å². The van der Waals surface area contributed by atoms with E-state index in [2.05, 4.69) is 32.2 Å². The predicted octanol–water partition coefficient (Wildman–Crippen LogP) is 4.33. The molecule has 0 saturated heterocycles. The van der Waals surface area contributed by atoms with Crippen molar-refractivity contribution in [3.63, 3.8) is 0 Å². The van der Waals surface area contributed by atoms with E-state index in [1.54, 1.807) is 0 Å². The molecule has 1 amide bonds. The van der Waals surface area contributed by atoms with Gasteiger partial charge >= 0.3 is 0 Å². The van der Waals surface area contributed by atoms with Gasteiger partial charge in [0.2, 0.25) is 5.91 Å². The van der Waals surface area contributed by atoms with Crippen molar-refractivity contribution in [2.24, 2.45) is 0 Å². The zero-order valence-electron chi connectivity index (χ0n) is 11.1. The van der Waals surface area contributed by atoms with E-state index < -0.39 is 0 Å². The molecule has 0 fully saturated rings. The molecule has 1 atom stereocenters. The number of carbonyl (C=O) groups excluding carboxylic acids is 1. The highest BCUT2D eigenvalue weighted by Gasteiger charge is 2.10. The van der Waals surface area contributed by atoms with E-state index in [1.165, 1.54) is 5.56 Å². The van der Waals surface area contributed by atoms with Crippen LogP contribution in [0.5, 0.6) is 0 Å². The van der Waals surface area contributed by atoms with Gasteiger partial charge < -0.3 is 5.32 Å². The smallest absolute Gasteiger partial charge is 0.224 e. The number of hydrogen-bond acceptors (Lipinski definition) is 1. The Morgan fingerprint density at radius 2 is 2.00 bits per heavy atom. The van der Waals surface area contributed by atoms with Gasteiger partial charge in [-0.2, -0.15) is 0 Å². The second-order valence-corrected chi connectivity index (χ2v) is 4.55. The predicted molar refractivity (Wildman–Crippen MR) is 73.3 cm³/mol. The Bertz CT molecular complexity index is 360. The molecule has 0 aliphatic rings. The number of nitrogens with one attached hydrogen (secondary N) is 1. The van der Waals surface area contributed by atoms with Gasteiger partial charge in [-0.25, -0.2) is 0 Å². The number of anilines is 1. The topological polar surface area (TPSA) is 29.1 Å². The van der Waals surface area contributed by atoms with Crippen LogP contribution in [0.1, 0.15) is 57.9 Å². The third-order valence-corrected chi connectivity index (χ3v) is 3.14. The van der Waals surface area contributed by atoms with Crippen LogP contribution in [0.25, 0.3) is 0 Å². The number of unbranched alkanes of at least 4 members (excludes halogenated alkanes) is 1. The highest BCUT2D eigenvalue weighted by atomic mass is 16.1. The van der Waals surface area contributed by atoms with Gasteiger partial charge in [0.25, 0.3) is 0 Å². The van der Waals surface area contributed by atoms with Gasteiger partial charge in [-0.15, -0.1) is 0 Å². The molecular weight excluding hydrogens is 210 g/mol. The lowest BCUT2D eigenvalue weighted by Gasteiger charge is -2.15. The van der Waals surface area contributed by atoms with Crippen LogP contribution in [0.15, 0.2) is 24.3 Å². The molecule has 0 aliphatic carbocycles. The Labute approximate surface area is 104 Å². The van der Waals surface area contributed by atoms with E-state index in [1.807, 2.05) is 18.2 Å². The highest BCUT2D eigenvalue weighted by molar-refractivity contribution is 5.91. The Kier molecular flexibility index (Phi) is 5.75. The number of amides is 1. The molecule has 0 unspecified atom stereocenters. The molecule has 0 heterocycles. The highest BCUT2D eigenvalue weighted by Crippen LogP contribution is 2.26. The van der Waals surface area contributed by atoms with E-state index in [0.717, 1.165) is 24.9 Å². The molecule has 2 heteroatoms. The van der Waals surface area contributed by atoms with E-state index in [4.69, 9.17) is 0 Å². The van der Waals surface area contributed by atoms with Gasteiger partial charge in [0, 0.05) is 12.1 Å². The van der Waals surface area contributed by atoms with E-state index in [9.17, 15) is 4.79 Å². The van der Waals surface area contributed by atoms with Gasteiger partial charge in [0.15, 0.2) is 0 Å². The minimum Gasteiger partial charge on any atom is -0.326 e. The van der Waals surface area contributed by atoms with E-state index in [0.29, 0.717) is 12.3 Å². The molecule has 2 nitrogen and oxygen atoms in total. The molecule has 0 spiro atoms. The fourth-order valence-electron chi connectivity index (χ4n) is 1.81. The van der Waals surface area contributed by atoms with Crippen molar-refractivity contribution in [3.05, 3.63) is 29.8 Å². The SMILES string of the molecule is CCCCC(=O)Nc1ccccc1[C@@H](C)CC. The summed E-state index contributed by atoms with van der Waals surface area (Å²) < 4.78 is 0. The number of para-hydroxylation sites is 1. The van der Waals surface area contributed by atoms with Crippen LogP contribution < -0.4 is 5.32 Å². The van der Waals surface area contributed by atoms with Gasteiger partial charge in [-0.3, -0.25) is 4.79 Å². The average molecular weight is 233 g/mol. The molecule has 1 aromatic carbocycles. The van der Waals surface area contributed by atoms with Crippen LogP contribution >= 0.6 is 0 Å². The molecule has 1 rings (SSSR count). The maximum atomic E-state index is 11.7. The third kappa shape index (κ3) is 4.22. The summed E-state index contributed by atoms with van der Waals surface area (Å²) in [5, 5.41) is 3.02. The monoisotopic (exact) mass is 233 g/mol. The molecule has 1 aromatic rings. The Balaban J connectivity index is 2.73. The quantitative estimate of drug-likeness (QED) is 0.778. The molecule has 0 aromatic heterocycles. The first-order chi connectivity index (χ1) is 8.19. The minimum absolute atomic E-state index is 0.127. The summed E-state index contributed by atoms with van der Waals surface area (Å²) in [5.41, 5.74) is 2.21. The number of rotatable bonds is 6. The molecule has 0 radical (unpaired) electrons. The third-order valence-electron chi connectivity index (χ3n) is 3.14. The zero-order valence-corrected chi connectivity index (χ0v) is 11.1. The molecule has 17 heavy (non-hydrogen) atoms. The summed E-state index contributed by atoms with van der Waals surface area (Å²) >= 11 is 0. The van der Waals surface area contributed by atoms with Gasteiger partial charge in [-0.05, 0) is 30.4 Å². The molecular formula is C15H23NO. The summed E-state index contributed by atoms with van der Waals surface area (Å²) in [6.07, 6.45) is 3.71. The van der Waals surface area contributed by atoms with Crippen LogP contribution in [0.2, 0.25) is 0 Å². The molecule has 0 aliphatic heterocycles. The van der Waals surface area contributed by atoms with Crippen LogP contribution in [-0.2, 0) is 4.79 Å². The minimum atomic E-state index is 0.127. The van der Waals surface area contributed by atoms with Crippen molar-refractivity contribution in [3.8, 4) is 0 Å². The Morgan fingerprint density at radius 1 is 1.29 bits per heavy atom. The van der Waals surface area contributed by atoms with Crippen LogP contribution in [0.4, 0.5) is 5.69 Å². The van der Waals surface area contributed by atoms with Crippen molar-refractivity contribution in [2.45, 2.75) is 52.4 Å². The van der Waals surface area contributed by atoms with Gasteiger partial charge in [-0.1, -0.05) is 45.4 Å². The summed E-state index contributed by atoms with van der Waals surface area (Å²) in [6.45, 7) is 6.46. The maximum Gasteiger partial charge on any atom is 0.224 e. The van der Waals surface area contributed by atoms with Crippen molar-refractivity contribution in [2.75, 3.05) is 5.32 Å². The summed E-state index contributed by atoms with van der Waals surface area (Å²) in [6, 6.07) is 8.10. The average Bonchev–Trinajstić information content (AvgIpc) is 2.36. The first kappa shape index (κ1) is 13.8. The van der Waals surface area contributed by atoms with Crippen molar-refractivity contribution < 1.29 is 4.79 Å². The maximum absolute atomic E-state index is 11.7. The lowest BCUT2D eigenvalue weighted by molar-refractivity contribution is -0.116. The first-order valence-corrected chi connectivity index (χ1v) is 6.57. The summed E-state index contributed by atoms with van der Waals surface area (Å²) in [5.74, 6) is 0.611. The zero-order chi connectivity index (χ0) is 12.7. The fourth-order valence-corrected chi connectivity index (χ4v) is 1.81. The second-order valence-electron chi connectivity index (χ2n) is 4.55. The summed E-state index contributed by atoms with van der Waals surface area (Å²) in [7, 11) is 0. The van der Waals surface area contributed by atoms with E-state index >= 15 is 0 Å². The van der Waals surface area contributed by atoms with Crippen molar-refractivity contribution in [1.29, 1.82) is 0 Å². The normalized spacial score (nSPS) is 12.2.